The SMILES string of the molecule is O=S(=O)(c1ccccc1)c1cc(-c2ccccc2)nc2ccc(Cl)cc12. The Morgan fingerprint density at radius 1 is 0.769 bits per heavy atom. The van der Waals surface area contributed by atoms with Crippen LogP contribution in [-0.2, 0) is 9.84 Å². The summed E-state index contributed by atoms with van der Waals surface area (Å²) in [6, 6.07) is 24.6. The fraction of sp³-hybridized carbons (Fsp3) is 0. The van der Waals surface area contributed by atoms with Gasteiger partial charge in [0, 0.05) is 16.0 Å². The van der Waals surface area contributed by atoms with Crippen LogP contribution in [0.4, 0.5) is 0 Å². The molecule has 0 fully saturated rings. The van der Waals surface area contributed by atoms with E-state index in [-0.39, 0.29) is 9.79 Å². The lowest BCUT2D eigenvalue weighted by Gasteiger charge is -2.11. The molecule has 1 heterocycles. The van der Waals surface area contributed by atoms with Crippen molar-refractivity contribution in [1.29, 1.82) is 0 Å². The monoisotopic (exact) mass is 379 g/mol. The van der Waals surface area contributed by atoms with Crippen molar-refractivity contribution in [3.8, 4) is 11.3 Å². The minimum absolute atomic E-state index is 0.204. The van der Waals surface area contributed by atoms with Gasteiger partial charge in [-0.25, -0.2) is 13.4 Å². The number of pyridine rings is 1. The Kier molecular flexibility index (Phi) is 4.23. The molecule has 0 radical (unpaired) electrons. The van der Waals surface area contributed by atoms with Crippen LogP contribution in [0.5, 0.6) is 0 Å². The van der Waals surface area contributed by atoms with Crippen LogP contribution in [0.1, 0.15) is 0 Å². The van der Waals surface area contributed by atoms with E-state index in [1.54, 1.807) is 54.6 Å². The highest BCUT2D eigenvalue weighted by Gasteiger charge is 2.22. The van der Waals surface area contributed by atoms with Crippen molar-refractivity contribution in [1.82, 2.24) is 4.98 Å². The van der Waals surface area contributed by atoms with Crippen molar-refractivity contribution < 1.29 is 8.42 Å². The summed E-state index contributed by atoms with van der Waals surface area (Å²) in [6.07, 6.45) is 0. The third-order valence-electron chi connectivity index (χ3n) is 4.15. The molecule has 3 nitrogen and oxygen atoms in total. The lowest BCUT2D eigenvalue weighted by atomic mass is 10.1. The topological polar surface area (TPSA) is 47.0 Å². The third kappa shape index (κ3) is 2.98. The first-order chi connectivity index (χ1) is 12.6. The van der Waals surface area contributed by atoms with Crippen molar-refractivity contribution in [3.63, 3.8) is 0 Å². The number of nitrogens with zero attached hydrogens (tertiary/aromatic N) is 1. The lowest BCUT2D eigenvalue weighted by Crippen LogP contribution is -2.04. The second-order valence-electron chi connectivity index (χ2n) is 5.85. The predicted molar refractivity (Wildman–Crippen MR) is 104 cm³/mol. The molecule has 0 aliphatic carbocycles. The third-order valence-corrected chi connectivity index (χ3v) is 6.19. The molecule has 4 aromatic rings. The predicted octanol–water partition coefficient (Wildman–Crippen LogP) is 5.39. The van der Waals surface area contributed by atoms with Gasteiger partial charge in [-0.1, -0.05) is 60.1 Å². The van der Waals surface area contributed by atoms with Gasteiger partial charge in [-0.3, -0.25) is 0 Å². The fourth-order valence-corrected chi connectivity index (χ4v) is 4.53. The van der Waals surface area contributed by atoms with Crippen LogP contribution in [0, 0.1) is 0 Å². The van der Waals surface area contributed by atoms with Gasteiger partial charge in [-0.2, -0.15) is 0 Å². The molecule has 0 spiro atoms. The van der Waals surface area contributed by atoms with Crippen molar-refractivity contribution in [2.45, 2.75) is 9.79 Å². The Balaban J connectivity index is 2.05. The Morgan fingerprint density at radius 3 is 2.12 bits per heavy atom. The van der Waals surface area contributed by atoms with E-state index in [9.17, 15) is 8.42 Å². The van der Waals surface area contributed by atoms with Crippen LogP contribution in [0.25, 0.3) is 22.2 Å². The Hall–Kier alpha value is -2.69. The summed E-state index contributed by atoms with van der Waals surface area (Å²) in [6.45, 7) is 0. The molecule has 0 N–H and O–H groups in total. The van der Waals surface area contributed by atoms with E-state index in [2.05, 4.69) is 4.98 Å². The van der Waals surface area contributed by atoms with E-state index >= 15 is 0 Å². The standard InChI is InChI=1S/C21H14ClNO2S/c22-16-11-12-19-18(13-16)21(26(24,25)17-9-5-2-6-10-17)14-20(23-19)15-7-3-1-4-8-15/h1-14H. The van der Waals surface area contributed by atoms with E-state index in [0.29, 0.717) is 21.6 Å². The van der Waals surface area contributed by atoms with Crippen LogP contribution in [-0.4, -0.2) is 13.4 Å². The number of rotatable bonds is 3. The number of sulfone groups is 1. The van der Waals surface area contributed by atoms with Crippen molar-refractivity contribution in [2.24, 2.45) is 0 Å². The van der Waals surface area contributed by atoms with Crippen molar-refractivity contribution in [2.75, 3.05) is 0 Å². The van der Waals surface area contributed by atoms with E-state index in [0.717, 1.165) is 5.56 Å². The van der Waals surface area contributed by atoms with Crippen molar-refractivity contribution in [3.05, 3.63) is 90.0 Å². The number of hydrogen-bond acceptors (Lipinski definition) is 3. The second kappa shape index (κ2) is 6.56. The smallest absolute Gasteiger partial charge is 0.207 e. The zero-order valence-electron chi connectivity index (χ0n) is 13.6. The second-order valence-corrected chi connectivity index (χ2v) is 8.20. The summed E-state index contributed by atoms with van der Waals surface area (Å²) < 4.78 is 26.5. The molecule has 0 atom stereocenters. The van der Waals surface area contributed by atoms with Gasteiger partial charge < -0.3 is 0 Å². The van der Waals surface area contributed by atoms with E-state index in [1.165, 1.54) is 0 Å². The summed E-state index contributed by atoms with van der Waals surface area (Å²) in [4.78, 5) is 5.08. The first-order valence-electron chi connectivity index (χ1n) is 8.01. The highest BCUT2D eigenvalue weighted by atomic mass is 35.5. The Bertz CT molecular complexity index is 1190. The molecule has 4 rings (SSSR count). The largest absolute Gasteiger partial charge is 0.248 e. The number of aromatic nitrogens is 1. The maximum Gasteiger partial charge on any atom is 0.207 e. The maximum atomic E-state index is 13.3. The molecule has 0 unspecified atom stereocenters. The molecule has 1 aromatic heterocycles. The minimum Gasteiger partial charge on any atom is -0.248 e. The molecule has 0 aliphatic rings. The van der Waals surface area contributed by atoms with E-state index in [1.807, 2.05) is 30.3 Å². The number of benzene rings is 3. The van der Waals surface area contributed by atoms with Gasteiger partial charge in [0.05, 0.1) is 21.0 Å². The van der Waals surface area contributed by atoms with Crippen LogP contribution < -0.4 is 0 Å². The number of hydrogen-bond donors (Lipinski definition) is 0. The van der Waals surface area contributed by atoms with Gasteiger partial charge in [0.15, 0.2) is 0 Å². The quantitative estimate of drug-likeness (QED) is 0.479. The van der Waals surface area contributed by atoms with Crippen molar-refractivity contribution >= 4 is 32.3 Å². The zero-order chi connectivity index (χ0) is 18.1. The van der Waals surface area contributed by atoms with E-state index < -0.39 is 9.84 Å². The minimum atomic E-state index is -3.71. The first kappa shape index (κ1) is 16.8. The number of fused-ring (bicyclic) bond motifs is 1. The summed E-state index contributed by atoms with van der Waals surface area (Å²) in [5.41, 5.74) is 2.05. The van der Waals surface area contributed by atoms with Gasteiger partial charge in [-0.15, -0.1) is 0 Å². The molecular weight excluding hydrogens is 366 g/mol. The highest BCUT2D eigenvalue weighted by molar-refractivity contribution is 7.91. The lowest BCUT2D eigenvalue weighted by molar-refractivity contribution is 0.597. The Labute approximate surface area is 156 Å². The summed E-state index contributed by atoms with van der Waals surface area (Å²) in [5, 5.41) is 0.984. The molecule has 5 heteroatoms. The van der Waals surface area contributed by atoms with Gasteiger partial charge in [0.25, 0.3) is 0 Å². The first-order valence-corrected chi connectivity index (χ1v) is 9.88. The zero-order valence-corrected chi connectivity index (χ0v) is 15.2. The van der Waals surface area contributed by atoms with E-state index in [4.69, 9.17) is 11.6 Å². The molecule has 128 valence electrons. The van der Waals surface area contributed by atoms with Crippen LogP contribution in [0.3, 0.4) is 0 Å². The average molecular weight is 380 g/mol. The summed E-state index contributed by atoms with van der Waals surface area (Å²) in [7, 11) is -3.71. The molecule has 26 heavy (non-hydrogen) atoms. The molecule has 0 aliphatic heterocycles. The molecule has 0 saturated heterocycles. The molecule has 0 amide bonds. The summed E-state index contributed by atoms with van der Waals surface area (Å²) in [5.74, 6) is 0. The van der Waals surface area contributed by atoms with Crippen LogP contribution in [0.2, 0.25) is 5.02 Å². The highest BCUT2D eigenvalue weighted by Crippen LogP contribution is 2.32. The van der Waals surface area contributed by atoms with Gasteiger partial charge in [-0.05, 0) is 36.4 Å². The normalized spacial score (nSPS) is 11.6. The molecule has 0 bridgehead atoms. The fourth-order valence-electron chi connectivity index (χ4n) is 2.87. The van der Waals surface area contributed by atoms with Gasteiger partial charge in [0.2, 0.25) is 9.84 Å². The number of halogens is 1. The summed E-state index contributed by atoms with van der Waals surface area (Å²) >= 11 is 6.12. The van der Waals surface area contributed by atoms with Gasteiger partial charge in [0.1, 0.15) is 0 Å². The average Bonchev–Trinajstić information content (AvgIpc) is 2.68. The van der Waals surface area contributed by atoms with Crippen LogP contribution in [0.15, 0.2) is 94.7 Å². The molecular formula is C21H14ClNO2S. The van der Waals surface area contributed by atoms with Gasteiger partial charge >= 0.3 is 0 Å². The maximum absolute atomic E-state index is 13.3. The van der Waals surface area contributed by atoms with Crippen LogP contribution >= 0.6 is 11.6 Å². The molecule has 0 saturated carbocycles. The Morgan fingerprint density at radius 2 is 1.42 bits per heavy atom. The molecule has 3 aromatic carbocycles.